The summed E-state index contributed by atoms with van der Waals surface area (Å²) < 4.78 is 1.86. The zero-order valence-electron chi connectivity index (χ0n) is 17.8. The molecule has 1 saturated heterocycles. The molecule has 30 heavy (non-hydrogen) atoms. The number of rotatable bonds is 10. The van der Waals surface area contributed by atoms with Crippen molar-refractivity contribution in [3.05, 3.63) is 48.5 Å². The van der Waals surface area contributed by atoms with E-state index in [9.17, 15) is 9.59 Å². The lowest BCUT2D eigenvalue weighted by molar-refractivity contribution is -0.116. The first-order chi connectivity index (χ1) is 14.6. The molecule has 1 aliphatic heterocycles. The number of carbonyl (C=O) groups is 2. The summed E-state index contributed by atoms with van der Waals surface area (Å²) in [7, 11) is 0. The van der Waals surface area contributed by atoms with Crippen molar-refractivity contribution in [3.8, 4) is 0 Å². The molecule has 7 nitrogen and oxygen atoms in total. The van der Waals surface area contributed by atoms with Gasteiger partial charge in [-0.05, 0) is 69.4 Å². The van der Waals surface area contributed by atoms with E-state index >= 15 is 0 Å². The number of aryl methyl sites for hydroxylation is 1. The Kier molecular flexibility index (Phi) is 8.44. The minimum Gasteiger partial charge on any atom is -0.352 e. The Morgan fingerprint density at radius 1 is 1.17 bits per heavy atom. The van der Waals surface area contributed by atoms with Crippen LogP contribution in [0, 0.1) is 5.92 Å². The summed E-state index contributed by atoms with van der Waals surface area (Å²) in [5, 5.41) is 5.84. The van der Waals surface area contributed by atoms with Gasteiger partial charge in [0, 0.05) is 43.2 Å². The second-order valence-corrected chi connectivity index (χ2v) is 8.17. The van der Waals surface area contributed by atoms with Crippen molar-refractivity contribution >= 4 is 17.5 Å². The van der Waals surface area contributed by atoms with Crippen molar-refractivity contribution in [2.24, 2.45) is 5.92 Å². The molecule has 2 N–H and O–H groups in total. The number of hydrogen-bond donors (Lipinski definition) is 2. The van der Waals surface area contributed by atoms with Gasteiger partial charge in [-0.2, -0.15) is 0 Å². The van der Waals surface area contributed by atoms with Crippen molar-refractivity contribution in [2.75, 3.05) is 31.5 Å². The topological polar surface area (TPSA) is 79.3 Å². The van der Waals surface area contributed by atoms with E-state index in [1.807, 2.05) is 10.8 Å². The fourth-order valence-corrected chi connectivity index (χ4v) is 3.66. The predicted octanol–water partition coefficient (Wildman–Crippen LogP) is 3.15. The van der Waals surface area contributed by atoms with Crippen molar-refractivity contribution in [3.63, 3.8) is 0 Å². The molecule has 1 aromatic carbocycles. The highest BCUT2D eigenvalue weighted by atomic mass is 16.2. The number of anilines is 1. The number of hydrogen-bond acceptors (Lipinski definition) is 4. The highest BCUT2D eigenvalue weighted by Crippen LogP contribution is 2.16. The van der Waals surface area contributed by atoms with E-state index in [0.717, 1.165) is 25.3 Å². The standard InChI is InChI=1S/C23H33N5O2/c1-19-7-13-27(14-8-19)12-3-2-10-25-23(30)20-5-4-6-21(17-20)26-22(29)9-15-28-16-11-24-18-28/h4-6,11,16-19H,2-3,7-10,12-15H2,1H3,(H,25,30)(H,26,29). The quantitative estimate of drug-likeness (QED) is 0.589. The lowest BCUT2D eigenvalue weighted by atomic mass is 9.99. The van der Waals surface area contributed by atoms with Gasteiger partial charge in [-0.25, -0.2) is 4.98 Å². The van der Waals surface area contributed by atoms with Crippen LogP contribution in [0.25, 0.3) is 0 Å². The van der Waals surface area contributed by atoms with Gasteiger partial charge in [-0.15, -0.1) is 0 Å². The Hall–Kier alpha value is -2.67. The largest absolute Gasteiger partial charge is 0.352 e. The van der Waals surface area contributed by atoms with Crippen molar-refractivity contribution in [1.29, 1.82) is 0 Å². The Morgan fingerprint density at radius 2 is 2.00 bits per heavy atom. The summed E-state index contributed by atoms with van der Waals surface area (Å²) in [5.41, 5.74) is 1.20. The van der Waals surface area contributed by atoms with Gasteiger partial charge in [0.2, 0.25) is 5.91 Å². The molecule has 0 radical (unpaired) electrons. The van der Waals surface area contributed by atoms with E-state index in [1.54, 1.807) is 36.8 Å². The van der Waals surface area contributed by atoms with Gasteiger partial charge >= 0.3 is 0 Å². The number of nitrogens with zero attached hydrogens (tertiary/aromatic N) is 3. The van der Waals surface area contributed by atoms with E-state index in [2.05, 4.69) is 27.4 Å². The van der Waals surface area contributed by atoms with Gasteiger partial charge in [0.25, 0.3) is 5.91 Å². The Labute approximate surface area is 178 Å². The fraction of sp³-hybridized carbons (Fsp3) is 0.522. The molecule has 0 aliphatic carbocycles. The summed E-state index contributed by atoms with van der Waals surface area (Å²) in [6.45, 7) is 7.09. The van der Waals surface area contributed by atoms with Crippen LogP contribution < -0.4 is 10.6 Å². The minimum absolute atomic E-state index is 0.0895. The molecule has 1 aromatic heterocycles. The average Bonchev–Trinajstić information content (AvgIpc) is 3.27. The number of imidazole rings is 1. The molecule has 0 saturated carbocycles. The molecule has 7 heteroatoms. The predicted molar refractivity (Wildman–Crippen MR) is 118 cm³/mol. The van der Waals surface area contributed by atoms with Crippen molar-refractivity contribution in [1.82, 2.24) is 19.8 Å². The number of nitrogens with one attached hydrogen (secondary N) is 2. The van der Waals surface area contributed by atoms with E-state index in [4.69, 9.17) is 0 Å². The fourth-order valence-electron chi connectivity index (χ4n) is 3.66. The Balaban J connectivity index is 1.35. The van der Waals surface area contributed by atoms with Gasteiger partial charge in [-0.3, -0.25) is 9.59 Å². The maximum absolute atomic E-state index is 12.4. The maximum atomic E-state index is 12.4. The van der Waals surface area contributed by atoms with Gasteiger partial charge in [-0.1, -0.05) is 13.0 Å². The summed E-state index contributed by atoms with van der Waals surface area (Å²) in [4.78, 5) is 31.0. The molecule has 2 heterocycles. The molecule has 2 aromatic rings. The third-order valence-corrected chi connectivity index (χ3v) is 5.63. The van der Waals surface area contributed by atoms with Crippen LogP contribution in [-0.4, -0.2) is 52.4 Å². The van der Waals surface area contributed by atoms with Crippen LogP contribution in [0.3, 0.4) is 0 Å². The SMILES string of the molecule is CC1CCN(CCCCNC(=O)c2cccc(NC(=O)CCn3ccnc3)c2)CC1. The van der Waals surface area contributed by atoms with E-state index in [1.165, 1.54) is 25.9 Å². The normalized spacial score (nSPS) is 15.1. The van der Waals surface area contributed by atoms with Crippen LogP contribution in [0.1, 0.15) is 49.4 Å². The first-order valence-corrected chi connectivity index (χ1v) is 11.0. The summed E-state index contributed by atoms with van der Waals surface area (Å²) in [5.74, 6) is 0.669. The second-order valence-electron chi connectivity index (χ2n) is 8.17. The Bertz CT molecular complexity index is 798. The molecule has 0 bridgehead atoms. The number of unbranched alkanes of at least 4 members (excludes halogenated alkanes) is 1. The first-order valence-electron chi connectivity index (χ1n) is 11.0. The number of likely N-dealkylation sites (tertiary alicyclic amines) is 1. The lowest BCUT2D eigenvalue weighted by Crippen LogP contribution is -2.34. The zero-order valence-corrected chi connectivity index (χ0v) is 17.8. The summed E-state index contributed by atoms with van der Waals surface area (Å²) in [6, 6.07) is 7.08. The second kappa shape index (κ2) is 11.5. The third kappa shape index (κ3) is 7.30. The molecular formula is C23H33N5O2. The van der Waals surface area contributed by atoms with Crippen LogP contribution in [0.2, 0.25) is 0 Å². The van der Waals surface area contributed by atoms with E-state index in [-0.39, 0.29) is 11.8 Å². The molecule has 1 aliphatic rings. The number of piperidine rings is 1. The molecule has 1 fully saturated rings. The molecule has 162 valence electrons. The summed E-state index contributed by atoms with van der Waals surface area (Å²) in [6.07, 6.45) is 10.2. The van der Waals surface area contributed by atoms with Gasteiger partial charge in [0.1, 0.15) is 0 Å². The maximum Gasteiger partial charge on any atom is 0.251 e. The lowest BCUT2D eigenvalue weighted by Gasteiger charge is -2.30. The molecular weight excluding hydrogens is 378 g/mol. The van der Waals surface area contributed by atoms with Gasteiger partial charge in [0.05, 0.1) is 6.33 Å². The molecule has 3 rings (SSSR count). The van der Waals surface area contributed by atoms with Gasteiger partial charge < -0.3 is 20.1 Å². The van der Waals surface area contributed by atoms with E-state index in [0.29, 0.717) is 30.8 Å². The van der Waals surface area contributed by atoms with Crippen LogP contribution in [0.4, 0.5) is 5.69 Å². The molecule has 0 spiro atoms. The highest BCUT2D eigenvalue weighted by molar-refractivity contribution is 5.97. The number of carbonyl (C=O) groups excluding carboxylic acids is 2. The third-order valence-electron chi connectivity index (χ3n) is 5.63. The zero-order chi connectivity index (χ0) is 21.2. The molecule has 2 amide bonds. The molecule has 0 atom stereocenters. The van der Waals surface area contributed by atoms with Crippen molar-refractivity contribution in [2.45, 2.75) is 45.6 Å². The van der Waals surface area contributed by atoms with E-state index < -0.39 is 0 Å². The monoisotopic (exact) mass is 411 g/mol. The highest BCUT2D eigenvalue weighted by Gasteiger charge is 2.14. The first kappa shape index (κ1) is 22.0. The van der Waals surface area contributed by atoms with Crippen molar-refractivity contribution < 1.29 is 9.59 Å². The smallest absolute Gasteiger partial charge is 0.251 e. The van der Waals surface area contributed by atoms with Crippen LogP contribution in [0.15, 0.2) is 43.0 Å². The van der Waals surface area contributed by atoms with Gasteiger partial charge in [0.15, 0.2) is 0 Å². The van der Waals surface area contributed by atoms with Crippen LogP contribution in [-0.2, 0) is 11.3 Å². The Morgan fingerprint density at radius 3 is 2.77 bits per heavy atom. The molecule has 0 unspecified atom stereocenters. The number of aromatic nitrogens is 2. The average molecular weight is 412 g/mol. The number of amides is 2. The van der Waals surface area contributed by atoms with Crippen LogP contribution in [0.5, 0.6) is 0 Å². The van der Waals surface area contributed by atoms with Crippen LogP contribution >= 0.6 is 0 Å². The number of benzene rings is 1. The summed E-state index contributed by atoms with van der Waals surface area (Å²) >= 11 is 0. The minimum atomic E-state index is -0.101.